The van der Waals surface area contributed by atoms with Crippen LogP contribution in [0.2, 0.25) is 5.02 Å². The lowest BCUT2D eigenvalue weighted by molar-refractivity contribution is 0.178. The van der Waals surface area contributed by atoms with Gasteiger partial charge in [-0.05, 0) is 50.2 Å². The van der Waals surface area contributed by atoms with Crippen LogP contribution in [-0.2, 0) is 6.54 Å². The van der Waals surface area contributed by atoms with Crippen molar-refractivity contribution in [3.8, 4) is 11.5 Å². The molecule has 1 aromatic heterocycles. The van der Waals surface area contributed by atoms with Crippen LogP contribution in [0.3, 0.4) is 0 Å². The number of oxazole rings is 1. The fourth-order valence-corrected chi connectivity index (χ4v) is 3.71. The summed E-state index contributed by atoms with van der Waals surface area (Å²) in [5.41, 5.74) is 3.27. The monoisotopic (exact) mass is 381 g/mol. The van der Waals surface area contributed by atoms with Gasteiger partial charge in [-0.1, -0.05) is 29.8 Å². The van der Waals surface area contributed by atoms with Gasteiger partial charge in [0.15, 0.2) is 0 Å². The first-order valence-corrected chi connectivity index (χ1v) is 9.74. The fourth-order valence-electron chi connectivity index (χ4n) is 3.59. The molecule has 0 radical (unpaired) electrons. The molecule has 0 spiro atoms. The Morgan fingerprint density at radius 2 is 1.81 bits per heavy atom. The van der Waals surface area contributed by atoms with Crippen LogP contribution >= 0.6 is 11.6 Å². The molecule has 0 amide bonds. The Labute approximate surface area is 165 Å². The van der Waals surface area contributed by atoms with E-state index >= 15 is 0 Å². The van der Waals surface area contributed by atoms with Gasteiger partial charge in [0.25, 0.3) is 0 Å². The third kappa shape index (κ3) is 4.02. The van der Waals surface area contributed by atoms with Crippen molar-refractivity contribution >= 4 is 17.3 Å². The summed E-state index contributed by atoms with van der Waals surface area (Å²) in [6.45, 7) is 8.14. The molecule has 4 rings (SSSR count). The summed E-state index contributed by atoms with van der Waals surface area (Å²) in [6.07, 6.45) is 0. The average Bonchev–Trinajstić information content (AvgIpc) is 3.05. The van der Waals surface area contributed by atoms with Gasteiger partial charge in [-0.2, -0.15) is 0 Å². The Balaban J connectivity index is 1.45. The second kappa shape index (κ2) is 7.75. The molecule has 27 heavy (non-hydrogen) atoms. The smallest absolute Gasteiger partial charge is 0.226 e. The SMILES string of the molecule is Cc1oc(-c2ccc(Cl)cc2)nc1CN1CCN(c2ccccc2)C[C@H]1C. The standard InChI is InChI=1S/C22H24ClN3O/c1-16-14-26(20-6-4-3-5-7-20)13-12-25(16)15-21-17(2)27-22(24-21)18-8-10-19(23)11-9-18/h3-11,16H,12-15H2,1-2H3/t16-/m1/s1. The molecule has 140 valence electrons. The molecule has 1 fully saturated rings. The van der Waals surface area contributed by atoms with Gasteiger partial charge in [0.1, 0.15) is 5.76 Å². The van der Waals surface area contributed by atoms with Crippen LogP contribution in [0, 0.1) is 6.92 Å². The molecule has 1 aliphatic rings. The third-order valence-corrected chi connectivity index (χ3v) is 5.48. The number of piperazine rings is 1. The zero-order chi connectivity index (χ0) is 18.8. The first-order chi connectivity index (χ1) is 13.1. The molecule has 1 atom stereocenters. The largest absolute Gasteiger partial charge is 0.441 e. The number of halogens is 1. The van der Waals surface area contributed by atoms with E-state index in [1.807, 2.05) is 31.2 Å². The topological polar surface area (TPSA) is 32.5 Å². The van der Waals surface area contributed by atoms with E-state index in [4.69, 9.17) is 21.0 Å². The van der Waals surface area contributed by atoms with Crippen molar-refractivity contribution in [3.05, 3.63) is 71.1 Å². The number of benzene rings is 2. The second-order valence-electron chi connectivity index (χ2n) is 7.13. The van der Waals surface area contributed by atoms with Gasteiger partial charge in [-0.15, -0.1) is 0 Å². The van der Waals surface area contributed by atoms with Gasteiger partial charge in [0.05, 0.1) is 5.69 Å². The molecule has 0 bridgehead atoms. The highest BCUT2D eigenvalue weighted by Crippen LogP contribution is 2.25. The van der Waals surface area contributed by atoms with E-state index in [0.717, 1.165) is 43.2 Å². The number of anilines is 1. The predicted molar refractivity (Wildman–Crippen MR) is 110 cm³/mol. The number of rotatable bonds is 4. The Morgan fingerprint density at radius 1 is 1.07 bits per heavy atom. The molecular formula is C22H24ClN3O. The Hall–Kier alpha value is -2.30. The molecule has 2 aromatic carbocycles. The number of para-hydroxylation sites is 1. The summed E-state index contributed by atoms with van der Waals surface area (Å²) in [5, 5.41) is 0.715. The Bertz CT molecular complexity index is 892. The first kappa shape index (κ1) is 18.1. The molecule has 5 heteroatoms. The van der Waals surface area contributed by atoms with Gasteiger partial charge in [-0.3, -0.25) is 4.90 Å². The van der Waals surface area contributed by atoms with Crippen molar-refractivity contribution in [1.29, 1.82) is 0 Å². The molecule has 0 N–H and O–H groups in total. The van der Waals surface area contributed by atoms with Crippen molar-refractivity contribution in [1.82, 2.24) is 9.88 Å². The van der Waals surface area contributed by atoms with Gasteiger partial charge in [0, 0.05) is 48.5 Å². The summed E-state index contributed by atoms with van der Waals surface area (Å²) in [6, 6.07) is 18.7. The lowest BCUT2D eigenvalue weighted by Crippen LogP contribution is -2.51. The normalized spacial score (nSPS) is 18.0. The molecule has 3 aromatic rings. The van der Waals surface area contributed by atoms with Crippen molar-refractivity contribution in [2.24, 2.45) is 0 Å². The van der Waals surface area contributed by atoms with Crippen molar-refractivity contribution in [2.45, 2.75) is 26.4 Å². The van der Waals surface area contributed by atoms with Crippen molar-refractivity contribution in [2.75, 3.05) is 24.5 Å². The highest BCUT2D eigenvalue weighted by atomic mass is 35.5. The predicted octanol–water partition coefficient (Wildman–Crippen LogP) is 5.01. The Morgan fingerprint density at radius 3 is 2.52 bits per heavy atom. The Kier molecular flexibility index (Phi) is 5.19. The average molecular weight is 382 g/mol. The maximum atomic E-state index is 5.97. The van der Waals surface area contributed by atoms with Gasteiger partial charge in [-0.25, -0.2) is 4.98 Å². The van der Waals surface area contributed by atoms with Crippen LogP contribution in [0.15, 0.2) is 59.0 Å². The van der Waals surface area contributed by atoms with E-state index in [2.05, 4.69) is 47.1 Å². The summed E-state index contributed by atoms with van der Waals surface area (Å²) < 4.78 is 5.92. The van der Waals surface area contributed by atoms with Gasteiger partial charge >= 0.3 is 0 Å². The van der Waals surface area contributed by atoms with Crippen LogP contribution < -0.4 is 4.90 Å². The maximum Gasteiger partial charge on any atom is 0.226 e. The highest BCUT2D eigenvalue weighted by Gasteiger charge is 2.25. The highest BCUT2D eigenvalue weighted by molar-refractivity contribution is 6.30. The molecule has 2 heterocycles. The van der Waals surface area contributed by atoms with Crippen LogP contribution in [0.25, 0.3) is 11.5 Å². The molecule has 0 unspecified atom stereocenters. The maximum absolute atomic E-state index is 5.97. The zero-order valence-corrected chi connectivity index (χ0v) is 16.5. The van der Waals surface area contributed by atoms with Crippen LogP contribution in [0.4, 0.5) is 5.69 Å². The summed E-state index contributed by atoms with van der Waals surface area (Å²) in [4.78, 5) is 9.69. The quantitative estimate of drug-likeness (QED) is 0.635. The van der Waals surface area contributed by atoms with Crippen molar-refractivity contribution in [3.63, 3.8) is 0 Å². The molecular weight excluding hydrogens is 358 g/mol. The second-order valence-corrected chi connectivity index (χ2v) is 7.57. The number of nitrogens with zero attached hydrogens (tertiary/aromatic N) is 3. The molecule has 0 aliphatic carbocycles. The van der Waals surface area contributed by atoms with E-state index in [1.54, 1.807) is 0 Å². The number of hydrogen-bond donors (Lipinski definition) is 0. The minimum atomic E-state index is 0.453. The molecule has 4 nitrogen and oxygen atoms in total. The van der Waals surface area contributed by atoms with Gasteiger partial charge in [0.2, 0.25) is 5.89 Å². The minimum absolute atomic E-state index is 0.453. The lowest BCUT2D eigenvalue weighted by atomic mass is 10.1. The summed E-state index contributed by atoms with van der Waals surface area (Å²) in [7, 11) is 0. The van der Waals surface area contributed by atoms with Gasteiger partial charge < -0.3 is 9.32 Å². The number of aryl methyl sites for hydroxylation is 1. The van der Waals surface area contributed by atoms with E-state index in [9.17, 15) is 0 Å². The van der Waals surface area contributed by atoms with Crippen molar-refractivity contribution < 1.29 is 4.42 Å². The summed E-state index contributed by atoms with van der Waals surface area (Å²) >= 11 is 5.97. The van der Waals surface area contributed by atoms with E-state index in [-0.39, 0.29) is 0 Å². The number of aromatic nitrogens is 1. The van der Waals surface area contributed by atoms with E-state index in [0.29, 0.717) is 17.0 Å². The van der Waals surface area contributed by atoms with Crippen LogP contribution in [0.1, 0.15) is 18.4 Å². The van der Waals surface area contributed by atoms with E-state index < -0.39 is 0 Å². The lowest BCUT2D eigenvalue weighted by Gasteiger charge is -2.40. The van der Waals surface area contributed by atoms with Crippen LogP contribution in [-0.4, -0.2) is 35.6 Å². The first-order valence-electron chi connectivity index (χ1n) is 9.36. The molecule has 0 saturated carbocycles. The third-order valence-electron chi connectivity index (χ3n) is 5.22. The zero-order valence-electron chi connectivity index (χ0n) is 15.7. The fraction of sp³-hybridized carbons (Fsp3) is 0.318. The van der Waals surface area contributed by atoms with E-state index in [1.165, 1.54) is 5.69 Å². The molecule has 1 saturated heterocycles. The van der Waals surface area contributed by atoms with Crippen LogP contribution in [0.5, 0.6) is 0 Å². The summed E-state index contributed by atoms with van der Waals surface area (Å²) in [5.74, 6) is 1.55. The molecule has 1 aliphatic heterocycles. The minimum Gasteiger partial charge on any atom is -0.441 e. The number of hydrogen-bond acceptors (Lipinski definition) is 4.